The zero-order chi connectivity index (χ0) is 22.5. The Labute approximate surface area is 168 Å². The molecule has 1 atom stereocenters. The molecule has 1 unspecified atom stereocenters. The lowest BCUT2D eigenvalue weighted by Crippen LogP contribution is -2.48. The van der Waals surface area contributed by atoms with Crippen molar-refractivity contribution in [3.63, 3.8) is 0 Å². The van der Waals surface area contributed by atoms with E-state index < -0.39 is 47.7 Å². The predicted molar refractivity (Wildman–Crippen MR) is 98.7 cm³/mol. The minimum atomic E-state index is -4.95. The molecule has 30 heavy (non-hydrogen) atoms. The number of halogens is 6. The first-order valence-electron chi connectivity index (χ1n) is 8.77. The van der Waals surface area contributed by atoms with Crippen LogP contribution in [-0.2, 0) is 11.0 Å². The van der Waals surface area contributed by atoms with Gasteiger partial charge in [0.05, 0.1) is 17.2 Å². The monoisotopic (exact) mass is 429 g/mol. The van der Waals surface area contributed by atoms with Crippen LogP contribution in [0.2, 0.25) is 0 Å². The summed E-state index contributed by atoms with van der Waals surface area (Å²) in [4.78, 5) is 13.2. The molecule has 2 aromatic carbocycles. The van der Waals surface area contributed by atoms with Gasteiger partial charge in [-0.15, -0.1) is 0 Å². The molecule has 2 rings (SSSR count). The van der Waals surface area contributed by atoms with Gasteiger partial charge in [0.1, 0.15) is 12.6 Å². The van der Waals surface area contributed by atoms with Gasteiger partial charge in [-0.25, -0.2) is 0 Å². The van der Waals surface area contributed by atoms with E-state index in [-0.39, 0.29) is 6.42 Å². The van der Waals surface area contributed by atoms with Crippen molar-refractivity contribution in [1.82, 2.24) is 0 Å². The Kier molecular flexibility index (Phi) is 6.97. The van der Waals surface area contributed by atoms with Crippen LogP contribution in [0, 0.1) is 11.3 Å². The number of carbonyl (C=O) groups excluding carboxylic acids is 1. The molecule has 0 aliphatic heterocycles. The molecule has 0 aromatic heterocycles. The van der Waals surface area contributed by atoms with Crippen molar-refractivity contribution in [3.8, 4) is 6.07 Å². The minimum absolute atomic E-state index is 0.101. The fraction of sp³-hybridized carbons (Fsp3) is 0.300. The minimum Gasteiger partial charge on any atom is -0.350 e. The quantitative estimate of drug-likeness (QED) is 0.629. The SMILES string of the molecule is CCC(C(=O)Nc1ccccc1)N(CC(F)(F)F)c1ccc(C#N)c(C(F)(F)F)c1. The third-order valence-electron chi connectivity index (χ3n) is 4.22. The molecule has 4 nitrogen and oxygen atoms in total. The van der Waals surface area contributed by atoms with E-state index in [9.17, 15) is 31.1 Å². The summed E-state index contributed by atoms with van der Waals surface area (Å²) in [5, 5.41) is 11.4. The highest BCUT2D eigenvalue weighted by atomic mass is 19.4. The number of nitriles is 1. The highest BCUT2D eigenvalue weighted by Crippen LogP contribution is 2.36. The van der Waals surface area contributed by atoms with Gasteiger partial charge in [-0.1, -0.05) is 25.1 Å². The summed E-state index contributed by atoms with van der Waals surface area (Å²) in [5.41, 5.74) is -2.22. The first-order valence-corrected chi connectivity index (χ1v) is 8.77. The normalized spacial score (nSPS) is 12.7. The van der Waals surface area contributed by atoms with Gasteiger partial charge < -0.3 is 10.2 Å². The van der Waals surface area contributed by atoms with E-state index in [1.807, 2.05) is 0 Å². The van der Waals surface area contributed by atoms with Crippen LogP contribution in [0.3, 0.4) is 0 Å². The number of anilines is 2. The van der Waals surface area contributed by atoms with E-state index in [1.165, 1.54) is 25.1 Å². The van der Waals surface area contributed by atoms with Crippen LogP contribution >= 0.6 is 0 Å². The first-order chi connectivity index (χ1) is 14.0. The fourth-order valence-corrected chi connectivity index (χ4v) is 2.91. The number of para-hydroxylation sites is 1. The van der Waals surface area contributed by atoms with E-state index in [4.69, 9.17) is 5.26 Å². The number of carbonyl (C=O) groups is 1. The highest BCUT2D eigenvalue weighted by molar-refractivity contribution is 5.97. The zero-order valence-electron chi connectivity index (χ0n) is 15.7. The Morgan fingerprint density at radius 1 is 1.10 bits per heavy atom. The maximum atomic E-state index is 13.3. The van der Waals surface area contributed by atoms with E-state index in [0.29, 0.717) is 16.7 Å². The predicted octanol–water partition coefficient (Wildman–Crippen LogP) is 5.36. The lowest BCUT2D eigenvalue weighted by molar-refractivity contribution is -0.137. The molecule has 0 bridgehead atoms. The van der Waals surface area contributed by atoms with Crippen molar-refractivity contribution < 1.29 is 31.1 Å². The molecule has 0 fully saturated rings. The van der Waals surface area contributed by atoms with Crippen molar-refractivity contribution in [2.24, 2.45) is 0 Å². The van der Waals surface area contributed by atoms with E-state index in [2.05, 4.69) is 5.32 Å². The van der Waals surface area contributed by atoms with Gasteiger partial charge >= 0.3 is 12.4 Å². The summed E-state index contributed by atoms with van der Waals surface area (Å²) < 4.78 is 79.5. The lowest BCUT2D eigenvalue weighted by Gasteiger charge is -2.33. The maximum absolute atomic E-state index is 13.3. The van der Waals surface area contributed by atoms with Gasteiger partial charge in [0.15, 0.2) is 0 Å². The molecule has 1 N–H and O–H groups in total. The molecule has 0 aliphatic carbocycles. The topological polar surface area (TPSA) is 56.1 Å². The van der Waals surface area contributed by atoms with Gasteiger partial charge in [-0.2, -0.15) is 31.6 Å². The van der Waals surface area contributed by atoms with Crippen molar-refractivity contribution in [2.45, 2.75) is 31.7 Å². The number of nitrogens with one attached hydrogen (secondary N) is 1. The Morgan fingerprint density at radius 2 is 1.73 bits per heavy atom. The summed E-state index contributed by atoms with van der Waals surface area (Å²) in [6.45, 7) is -0.191. The van der Waals surface area contributed by atoms with Crippen molar-refractivity contribution >= 4 is 17.3 Å². The second-order valence-corrected chi connectivity index (χ2v) is 6.36. The molecule has 160 valence electrons. The third kappa shape index (κ3) is 5.89. The van der Waals surface area contributed by atoms with E-state index >= 15 is 0 Å². The number of rotatable bonds is 6. The zero-order valence-corrected chi connectivity index (χ0v) is 15.7. The molecular weight excluding hydrogens is 412 g/mol. The second kappa shape index (κ2) is 9.07. The van der Waals surface area contributed by atoms with E-state index in [0.717, 1.165) is 12.1 Å². The summed E-state index contributed by atoms with van der Waals surface area (Å²) in [5.74, 6) is -0.800. The number of benzene rings is 2. The summed E-state index contributed by atoms with van der Waals surface area (Å²) in [7, 11) is 0. The molecule has 0 heterocycles. The Balaban J connectivity index is 2.49. The molecule has 1 amide bonds. The van der Waals surface area contributed by atoms with Crippen LogP contribution in [-0.4, -0.2) is 24.7 Å². The molecule has 0 spiro atoms. The molecule has 2 aromatic rings. The van der Waals surface area contributed by atoms with Gasteiger partial charge in [0, 0.05) is 11.4 Å². The van der Waals surface area contributed by atoms with E-state index in [1.54, 1.807) is 18.2 Å². The average molecular weight is 429 g/mol. The van der Waals surface area contributed by atoms with Crippen LogP contribution in [0.1, 0.15) is 24.5 Å². The maximum Gasteiger partial charge on any atom is 0.417 e. The Morgan fingerprint density at radius 3 is 2.23 bits per heavy atom. The molecular formula is C20H17F6N3O. The van der Waals surface area contributed by atoms with Crippen molar-refractivity contribution in [2.75, 3.05) is 16.8 Å². The van der Waals surface area contributed by atoms with Crippen molar-refractivity contribution in [1.29, 1.82) is 5.26 Å². The molecule has 0 saturated heterocycles. The van der Waals surface area contributed by atoms with Gasteiger partial charge in [-0.05, 0) is 36.8 Å². The Bertz CT molecular complexity index is 919. The van der Waals surface area contributed by atoms with Crippen LogP contribution < -0.4 is 10.2 Å². The second-order valence-electron chi connectivity index (χ2n) is 6.36. The summed E-state index contributed by atoms with van der Waals surface area (Å²) in [6, 6.07) is 10.2. The number of hydrogen-bond donors (Lipinski definition) is 1. The number of nitrogens with zero attached hydrogens (tertiary/aromatic N) is 2. The molecule has 0 saturated carbocycles. The van der Waals surface area contributed by atoms with Gasteiger partial charge in [-0.3, -0.25) is 4.79 Å². The molecule has 0 aliphatic rings. The van der Waals surface area contributed by atoms with Crippen LogP contribution in [0.5, 0.6) is 0 Å². The number of alkyl halides is 6. The van der Waals surface area contributed by atoms with Gasteiger partial charge in [0.25, 0.3) is 0 Å². The first kappa shape index (κ1) is 23.1. The lowest BCUT2D eigenvalue weighted by atomic mass is 10.0. The molecule has 0 radical (unpaired) electrons. The Hall–Kier alpha value is -3.22. The third-order valence-corrected chi connectivity index (χ3v) is 4.22. The number of amides is 1. The average Bonchev–Trinajstić information content (AvgIpc) is 2.66. The van der Waals surface area contributed by atoms with Crippen LogP contribution in [0.25, 0.3) is 0 Å². The summed E-state index contributed by atoms with van der Waals surface area (Å²) in [6.07, 6.45) is -9.83. The van der Waals surface area contributed by atoms with Gasteiger partial charge in [0.2, 0.25) is 5.91 Å². The smallest absolute Gasteiger partial charge is 0.350 e. The van der Waals surface area contributed by atoms with Crippen molar-refractivity contribution in [3.05, 3.63) is 59.7 Å². The van der Waals surface area contributed by atoms with Crippen LogP contribution in [0.4, 0.5) is 37.7 Å². The summed E-state index contributed by atoms with van der Waals surface area (Å²) >= 11 is 0. The highest BCUT2D eigenvalue weighted by Gasteiger charge is 2.38. The standard InChI is InChI=1S/C20H17F6N3O/c1-2-17(18(30)28-14-6-4-3-5-7-14)29(12-19(21,22)23)15-9-8-13(11-27)16(10-15)20(24,25)26/h3-10,17H,2,12H2,1H3,(H,28,30). The van der Waals surface area contributed by atoms with Crippen LogP contribution in [0.15, 0.2) is 48.5 Å². The molecule has 10 heteroatoms. The largest absolute Gasteiger partial charge is 0.417 e. The fourth-order valence-electron chi connectivity index (χ4n) is 2.91. The number of hydrogen-bond acceptors (Lipinski definition) is 3.